The lowest BCUT2D eigenvalue weighted by molar-refractivity contribution is -0.114. The molecule has 0 aliphatic carbocycles. The molecule has 0 fully saturated rings. The van der Waals surface area contributed by atoms with E-state index in [0.717, 1.165) is 5.56 Å². The minimum absolute atomic E-state index is 0.0184. The van der Waals surface area contributed by atoms with E-state index in [2.05, 4.69) is 21.0 Å². The summed E-state index contributed by atoms with van der Waals surface area (Å²) in [6.45, 7) is 1.50. The Morgan fingerprint density at radius 2 is 1.63 bits per heavy atom. The number of ether oxygens (including phenoxy) is 2. The van der Waals surface area contributed by atoms with Crippen molar-refractivity contribution in [3.8, 4) is 17.6 Å². The van der Waals surface area contributed by atoms with Gasteiger partial charge in [0.2, 0.25) is 5.82 Å². The molecule has 0 radical (unpaired) electrons. The largest absolute Gasteiger partial charge is 0.493 e. The summed E-state index contributed by atoms with van der Waals surface area (Å²) in [6, 6.07) is 11.9. The maximum absolute atomic E-state index is 14.3. The van der Waals surface area contributed by atoms with E-state index in [1.54, 1.807) is 30.3 Å². The fraction of sp³-hybridized carbons (Fsp3) is 0.115. The number of nitrogens with zero attached hydrogens (tertiary/aromatic N) is 3. The Hall–Kier alpha value is -4.24. The van der Waals surface area contributed by atoms with Crippen LogP contribution < -0.4 is 14.5 Å². The van der Waals surface area contributed by atoms with Gasteiger partial charge in [0.05, 0.1) is 34.5 Å². The van der Waals surface area contributed by atoms with Gasteiger partial charge < -0.3 is 9.47 Å². The molecule has 0 saturated carbocycles. The van der Waals surface area contributed by atoms with Crippen LogP contribution in [-0.4, -0.2) is 18.7 Å². The highest BCUT2D eigenvalue weighted by Crippen LogP contribution is 2.39. The van der Waals surface area contributed by atoms with E-state index in [1.165, 1.54) is 26.2 Å². The lowest BCUT2D eigenvalue weighted by atomic mass is 10.1. The fourth-order valence-corrected chi connectivity index (χ4v) is 4.15. The van der Waals surface area contributed by atoms with Gasteiger partial charge in [-0.05, 0) is 64.3 Å². The topological polar surface area (TPSA) is 74.9 Å². The van der Waals surface area contributed by atoms with Gasteiger partial charge in [0, 0.05) is 0 Å². The van der Waals surface area contributed by atoms with Gasteiger partial charge >= 0.3 is 0 Å². The Kier molecular flexibility index (Phi) is 7.50. The van der Waals surface area contributed by atoms with Crippen LogP contribution in [0.1, 0.15) is 23.6 Å². The molecule has 0 atom stereocenters. The molecular formula is C26H15BrF5N3O3. The molecule has 12 heteroatoms. The van der Waals surface area contributed by atoms with Crippen LogP contribution in [0.3, 0.4) is 0 Å². The smallest absolute Gasteiger partial charge is 0.280 e. The Balaban J connectivity index is 1.64. The van der Waals surface area contributed by atoms with Crippen molar-refractivity contribution in [1.82, 2.24) is 0 Å². The predicted octanol–water partition coefficient (Wildman–Crippen LogP) is 6.41. The number of benzene rings is 3. The SMILES string of the molecule is COc1cc(/C=C2\C(=O)N(c3c(F)c(F)c(F)c(F)c3F)N=C2C)cc(Br)c1OCc1ccc(C#N)cc1. The van der Waals surface area contributed by atoms with Gasteiger partial charge in [-0.15, -0.1) is 0 Å². The molecule has 6 nitrogen and oxygen atoms in total. The summed E-state index contributed by atoms with van der Waals surface area (Å²) in [7, 11) is 1.39. The Bertz CT molecular complexity index is 1540. The predicted molar refractivity (Wildman–Crippen MR) is 131 cm³/mol. The number of halogens is 6. The van der Waals surface area contributed by atoms with Crippen molar-refractivity contribution in [3.63, 3.8) is 0 Å². The Morgan fingerprint density at radius 1 is 1.03 bits per heavy atom. The first-order valence-electron chi connectivity index (χ1n) is 10.7. The monoisotopic (exact) mass is 591 g/mol. The van der Waals surface area contributed by atoms with Crippen LogP contribution in [-0.2, 0) is 11.4 Å². The van der Waals surface area contributed by atoms with Gasteiger partial charge in [0.1, 0.15) is 12.3 Å². The lowest BCUT2D eigenvalue weighted by Gasteiger charge is -2.15. The third kappa shape index (κ3) is 4.84. The van der Waals surface area contributed by atoms with E-state index in [9.17, 15) is 26.7 Å². The summed E-state index contributed by atoms with van der Waals surface area (Å²) in [5, 5.41) is 12.8. The van der Waals surface area contributed by atoms with Crippen molar-refractivity contribution < 1.29 is 36.2 Å². The number of carbonyl (C=O) groups excluding carboxylic acids is 1. The molecule has 1 amide bonds. The molecule has 3 aromatic carbocycles. The van der Waals surface area contributed by atoms with Crippen LogP contribution >= 0.6 is 15.9 Å². The molecule has 0 N–H and O–H groups in total. The molecule has 4 rings (SSSR count). The molecule has 1 heterocycles. The second kappa shape index (κ2) is 10.6. The normalized spacial score (nSPS) is 14.1. The highest BCUT2D eigenvalue weighted by atomic mass is 79.9. The van der Waals surface area contributed by atoms with Crippen LogP contribution in [0.4, 0.5) is 27.6 Å². The quantitative estimate of drug-likeness (QED) is 0.144. The fourth-order valence-electron chi connectivity index (χ4n) is 3.58. The van der Waals surface area contributed by atoms with Gasteiger partial charge in [-0.3, -0.25) is 4.79 Å². The zero-order valence-electron chi connectivity index (χ0n) is 19.6. The van der Waals surface area contributed by atoms with Crippen molar-refractivity contribution in [2.45, 2.75) is 13.5 Å². The van der Waals surface area contributed by atoms with Gasteiger partial charge in [-0.2, -0.15) is 15.4 Å². The van der Waals surface area contributed by atoms with Crippen molar-refractivity contribution in [1.29, 1.82) is 5.26 Å². The first-order chi connectivity index (χ1) is 18.1. The maximum atomic E-state index is 14.3. The first-order valence-corrected chi connectivity index (χ1v) is 11.5. The number of amides is 1. The summed E-state index contributed by atoms with van der Waals surface area (Å²) in [6.07, 6.45) is 1.32. The van der Waals surface area contributed by atoms with E-state index in [1.807, 2.05) is 6.07 Å². The number of anilines is 1. The van der Waals surface area contributed by atoms with Crippen LogP contribution in [0.5, 0.6) is 11.5 Å². The molecule has 1 aliphatic rings. The van der Waals surface area contributed by atoms with Crippen molar-refractivity contribution >= 4 is 39.3 Å². The van der Waals surface area contributed by atoms with Crippen LogP contribution in [0.25, 0.3) is 6.08 Å². The Labute approximate surface area is 221 Å². The molecule has 0 saturated heterocycles. The first kappa shape index (κ1) is 26.8. The third-order valence-electron chi connectivity index (χ3n) is 5.49. The summed E-state index contributed by atoms with van der Waals surface area (Å²) < 4.78 is 81.1. The molecule has 1 aliphatic heterocycles. The van der Waals surface area contributed by atoms with E-state index in [0.29, 0.717) is 21.3 Å². The molecule has 194 valence electrons. The summed E-state index contributed by atoms with van der Waals surface area (Å²) in [5.41, 5.74) is 0.0464. The zero-order valence-corrected chi connectivity index (χ0v) is 21.2. The number of hydrogen-bond donors (Lipinski definition) is 0. The molecule has 0 spiro atoms. The van der Waals surface area contributed by atoms with E-state index in [4.69, 9.17) is 14.7 Å². The minimum Gasteiger partial charge on any atom is -0.493 e. The second-order valence-corrected chi connectivity index (χ2v) is 8.76. The van der Waals surface area contributed by atoms with Crippen LogP contribution in [0.2, 0.25) is 0 Å². The highest BCUT2D eigenvalue weighted by molar-refractivity contribution is 9.10. The second-order valence-electron chi connectivity index (χ2n) is 7.91. The summed E-state index contributed by atoms with van der Waals surface area (Å²) in [5.74, 6) is -11.6. The lowest BCUT2D eigenvalue weighted by Crippen LogP contribution is -2.25. The number of methoxy groups -OCH3 is 1. The highest BCUT2D eigenvalue weighted by Gasteiger charge is 2.37. The van der Waals surface area contributed by atoms with Crippen molar-refractivity contribution in [2.24, 2.45) is 5.10 Å². The van der Waals surface area contributed by atoms with Gasteiger partial charge in [-0.25, -0.2) is 22.0 Å². The maximum Gasteiger partial charge on any atom is 0.280 e. The van der Waals surface area contributed by atoms with E-state index < -0.39 is 40.7 Å². The molecule has 0 aromatic heterocycles. The average molecular weight is 592 g/mol. The summed E-state index contributed by atoms with van der Waals surface area (Å²) in [4.78, 5) is 12.9. The van der Waals surface area contributed by atoms with Gasteiger partial charge in [0.25, 0.3) is 5.91 Å². The minimum atomic E-state index is -2.34. The Morgan fingerprint density at radius 3 is 2.21 bits per heavy atom. The molecule has 0 bridgehead atoms. The summed E-state index contributed by atoms with van der Waals surface area (Å²) >= 11 is 3.38. The van der Waals surface area contributed by atoms with Crippen LogP contribution in [0, 0.1) is 40.4 Å². The number of hydrazone groups is 1. The molecule has 3 aromatic rings. The van der Waals surface area contributed by atoms with Crippen LogP contribution in [0.15, 0.2) is 51.5 Å². The van der Waals surface area contributed by atoms with Crippen molar-refractivity contribution in [3.05, 3.63) is 92.2 Å². The molecule has 38 heavy (non-hydrogen) atoms. The number of hydrogen-bond acceptors (Lipinski definition) is 5. The number of carbonyl (C=O) groups is 1. The average Bonchev–Trinajstić information content (AvgIpc) is 3.18. The van der Waals surface area contributed by atoms with Gasteiger partial charge in [-0.1, -0.05) is 12.1 Å². The standard InChI is InChI=1S/C26H15BrF5N3O3/c1-12-16(26(36)35(34-12)24-22(31)20(29)19(28)21(30)23(24)32)7-15-8-17(27)25(18(9-15)37-2)38-11-14-5-3-13(10-33)4-6-14/h3-9H,11H2,1-2H3/b16-7-. The molecule has 0 unspecified atom stereocenters. The number of nitriles is 1. The van der Waals surface area contributed by atoms with E-state index >= 15 is 0 Å². The third-order valence-corrected chi connectivity index (χ3v) is 6.08. The zero-order chi connectivity index (χ0) is 27.7. The number of rotatable bonds is 6. The van der Waals surface area contributed by atoms with Gasteiger partial charge in [0.15, 0.2) is 34.8 Å². The van der Waals surface area contributed by atoms with E-state index in [-0.39, 0.29) is 28.7 Å². The van der Waals surface area contributed by atoms with Crippen molar-refractivity contribution in [2.75, 3.05) is 12.1 Å². The molecular weight excluding hydrogens is 577 g/mol.